The van der Waals surface area contributed by atoms with Crippen LogP contribution in [0.2, 0.25) is 10.0 Å². The molecule has 5 rings (SSSR count). The van der Waals surface area contributed by atoms with Crippen LogP contribution in [-0.2, 0) is 0 Å². The first-order valence-corrected chi connectivity index (χ1v) is 11.2. The molecule has 9 heteroatoms. The van der Waals surface area contributed by atoms with Crippen LogP contribution in [0.25, 0.3) is 32.5 Å². The molecule has 1 amide bonds. The molecular formula is C21H11BrCl2N4OS. The van der Waals surface area contributed by atoms with E-state index in [1.165, 1.54) is 11.3 Å². The van der Waals surface area contributed by atoms with Gasteiger partial charge in [0.15, 0.2) is 5.13 Å². The molecule has 30 heavy (non-hydrogen) atoms. The number of nitrogens with zero attached hydrogens (tertiary/aromatic N) is 2. The van der Waals surface area contributed by atoms with Gasteiger partial charge in [0, 0.05) is 27.7 Å². The van der Waals surface area contributed by atoms with Gasteiger partial charge in [-0.2, -0.15) is 0 Å². The maximum atomic E-state index is 12.8. The summed E-state index contributed by atoms with van der Waals surface area (Å²) in [5.41, 5.74) is 3.58. The van der Waals surface area contributed by atoms with Gasteiger partial charge in [-0.3, -0.25) is 10.1 Å². The average Bonchev–Trinajstić information content (AvgIpc) is 3.30. The largest absolute Gasteiger partial charge is 0.354 e. The molecule has 0 radical (unpaired) electrons. The van der Waals surface area contributed by atoms with E-state index in [0.717, 1.165) is 37.1 Å². The molecule has 5 nitrogen and oxygen atoms in total. The third kappa shape index (κ3) is 3.58. The van der Waals surface area contributed by atoms with E-state index in [9.17, 15) is 4.79 Å². The standard InChI is InChI=1S/C21H11BrCl2N4OS/c22-17-7-6-14-20(27-17)30-21(26-14)28-19(29)11-5-4-10-8-16(25-15(10)9-11)18-12(23)2-1-3-13(18)24/h1-9,25H,(H,26,28,29). The molecule has 0 unspecified atom stereocenters. The summed E-state index contributed by atoms with van der Waals surface area (Å²) in [7, 11) is 0. The number of anilines is 1. The number of nitrogens with one attached hydrogen (secondary N) is 2. The van der Waals surface area contributed by atoms with Gasteiger partial charge in [-0.1, -0.05) is 46.7 Å². The van der Waals surface area contributed by atoms with Crippen molar-refractivity contribution in [3.8, 4) is 11.3 Å². The van der Waals surface area contributed by atoms with Crippen LogP contribution in [0, 0.1) is 0 Å². The molecule has 0 atom stereocenters. The second-order valence-electron chi connectivity index (χ2n) is 6.51. The smallest absolute Gasteiger partial charge is 0.257 e. The van der Waals surface area contributed by atoms with Crippen molar-refractivity contribution >= 4 is 82.8 Å². The summed E-state index contributed by atoms with van der Waals surface area (Å²) in [4.78, 5) is 25.6. The minimum Gasteiger partial charge on any atom is -0.354 e. The van der Waals surface area contributed by atoms with Gasteiger partial charge < -0.3 is 4.98 Å². The quantitative estimate of drug-likeness (QED) is 0.249. The number of rotatable bonds is 3. The van der Waals surface area contributed by atoms with Crippen molar-refractivity contribution < 1.29 is 4.79 Å². The minimum absolute atomic E-state index is 0.248. The fourth-order valence-electron chi connectivity index (χ4n) is 3.18. The first kappa shape index (κ1) is 19.5. The van der Waals surface area contributed by atoms with Crippen molar-refractivity contribution in [1.82, 2.24) is 15.0 Å². The summed E-state index contributed by atoms with van der Waals surface area (Å²) in [5.74, 6) is -0.248. The van der Waals surface area contributed by atoms with Crippen molar-refractivity contribution in [2.75, 3.05) is 5.32 Å². The molecule has 0 spiro atoms. The zero-order chi connectivity index (χ0) is 20.8. The second kappa shape index (κ2) is 7.67. The summed E-state index contributed by atoms with van der Waals surface area (Å²) in [5, 5.41) is 5.41. The van der Waals surface area contributed by atoms with Gasteiger partial charge in [-0.25, -0.2) is 9.97 Å². The number of fused-ring (bicyclic) bond motifs is 2. The number of aromatic amines is 1. The lowest BCUT2D eigenvalue weighted by Gasteiger charge is -2.04. The van der Waals surface area contributed by atoms with Crippen LogP contribution >= 0.6 is 50.5 Å². The highest BCUT2D eigenvalue weighted by Gasteiger charge is 2.14. The lowest BCUT2D eigenvalue weighted by atomic mass is 10.1. The maximum absolute atomic E-state index is 12.8. The highest BCUT2D eigenvalue weighted by Crippen LogP contribution is 2.35. The van der Waals surface area contributed by atoms with E-state index in [-0.39, 0.29) is 5.91 Å². The van der Waals surface area contributed by atoms with E-state index >= 15 is 0 Å². The van der Waals surface area contributed by atoms with Gasteiger partial charge >= 0.3 is 0 Å². The minimum atomic E-state index is -0.248. The molecular weight excluding hydrogens is 507 g/mol. The van der Waals surface area contributed by atoms with E-state index in [0.29, 0.717) is 20.7 Å². The Hall–Kier alpha value is -2.45. The lowest BCUT2D eigenvalue weighted by molar-refractivity contribution is 0.102. The molecule has 0 aliphatic heterocycles. The average molecular weight is 518 g/mol. The fraction of sp³-hybridized carbons (Fsp3) is 0. The Morgan fingerprint density at radius 3 is 2.63 bits per heavy atom. The third-order valence-corrected chi connectivity index (χ3v) is 6.51. The number of carbonyl (C=O) groups excluding carboxylic acids is 1. The Kier molecular flexibility index (Phi) is 4.99. The van der Waals surface area contributed by atoms with Crippen molar-refractivity contribution in [2.45, 2.75) is 0 Å². The molecule has 0 aliphatic rings. The van der Waals surface area contributed by atoms with Crippen molar-refractivity contribution in [1.29, 1.82) is 0 Å². The first-order chi connectivity index (χ1) is 14.5. The normalized spacial score (nSPS) is 11.3. The zero-order valence-electron chi connectivity index (χ0n) is 15.0. The number of thiazole rings is 1. The Morgan fingerprint density at radius 1 is 1.03 bits per heavy atom. The molecule has 3 heterocycles. The fourth-order valence-corrected chi connectivity index (χ4v) is 5.04. The molecule has 5 aromatic rings. The Bertz CT molecular complexity index is 1430. The molecule has 148 valence electrons. The van der Waals surface area contributed by atoms with Crippen LogP contribution in [0.3, 0.4) is 0 Å². The molecule has 2 N–H and O–H groups in total. The third-order valence-electron chi connectivity index (χ3n) is 4.56. The van der Waals surface area contributed by atoms with Gasteiger partial charge in [0.2, 0.25) is 0 Å². The van der Waals surface area contributed by atoms with E-state index in [2.05, 4.69) is 36.2 Å². The zero-order valence-corrected chi connectivity index (χ0v) is 19.0. The summed E-state index contributed by atoms with van der Waals surface area (Å²) >= 11 is 17.3. The van der Waals surface area contributed by atoms with E-state index in [1.54, 1.807) is 30.3 Å². The number of pyridine rings is 1. The Labute approximate surface area is 193 Å². The number of benzene rings is 2. The number of halogens is 3. The monoisotopic (exact) mass is 516 g/mol. The topological polar surface area (TPSA) is 70.7 Å². The van der Waals surface area contributed by atoms with Gasteiger partial charge in [-0.15, -0.1) is 0 Å². The van der Waals surface area contributed by atoms with E-state index < -0.39 is 0 Å². The summed E-state index contributed by atoms with van der Waals surface area (Å²) in [6.45, 7) is 0. The van der Waals surface area contributed by atoms with Crippen LogP contribution in [0.4, 0.5) is 5.13 Å². The van der Waals surface area contributed by atoms with Crippen LogP contribution in [0.1, 0.15) is 10.4 Å². The highest BCUT2D eigenvalue weighted by atomic mass is 79.9. The summed E-state index contributed by atoms with van der Waals surface area (Å²) in [6, 6.07) is 16.5. The molecule has 0 fully saturated rings. The van der Waals surface area contributed by atoms with Crippen LogP contribution in [0.15, 0.2) is 59.2 Å². The highest BCUT2D eigenvalue weighted by molar-refractivity contribution is 9.10. The number of hydrogen-bond acceptors (Lipinski definition) is 4. The second-order valence-corrected chi connectivity index (χ2v) is 9.12. The Morgan fingerprint density at radius 2 is 1.83 bits per heavy atom. The summed E-state index contributed by atoms with van der Waals surface area (Å²) in [6.07, 6.45) is 0. The number of aromatic nitrogens is 3. The van der Waals surface area contributed by atoms with Gasteiger partial charge in [0.1, 0.15) is 15.0 Å². The predicted molar refractivity (Wildman–Crippen MR) is 127 cm³/mol. The first-order valence-electron chi connectivity index (χ1n) is 8.79. The van der Waals surface area contributed by atoms with Crippen molar-refractivity contribution in [2.24, 2.45) is 0 Å². The van der Waals surface area contributed by atoms with Crippen LogP contribution in [-0.4, -0.2) is 20.9 Å². The van der Waals surface area contributed by atoms with Gasteiger partial charge in [-0.05, 0) is 58.4 Å². The summed E-state index contributed by atoms with van der Waals surface area (Å²) < 4.78 is 0.725. The number of carbonyl (C=O) groups is 1. The molecule has 2 aromatic carbocycles. The van der Waals surface area contributed by atoms with Crippen molar-refractivity contribution in [3.05, 3.63) is 74.8 Å². The van der Waals surface area contributed by atoms with Crippen LogP contribution in [0.5, 0.6) is 0 Å². The van der Waals surface area contributed by atoms with Crippen LogP contribution < -0.4 is 5.32 Å². The van der Waals surface area contributed by atoms with E-state index in [4.69, 9.17) is 23.2 Å². The maximum Gasteiger partial charge on any atom is 0.257 e. The number of H-pyrrole nitrogens is 1. The molecule has 3 aromatic heterocycles. The Balaban J connectivity index is 1.46. The lowest BCUT2D eigenvalue weighted by Crippen LogP contribution is -2.11. The molecule has 0 saturated carbocycles. The molecule has 0 bridgehead atoms. The molecule has 0 aliphatic carbocycles. The van der Waals surface area contributed by atoms with Crippen molar-refractivity contribution in [3.63, 3.8) is 0 Å². The van der Waals surface area contributed by atoms with Gasteiger partial charge in [0.25, 0.3) is 5.91 Å². The molecule has 0 saturated heterocycles. The SMILES string of the molecule is O=C(Nc1nc2ccc(Br)nc2s1)c1ccc2cc(-c3c(Cl)cccc3Cl)[nH]c2c1. The predicted octanol–water partition coefficient (Wildman–Crippen LogP) is 7.16. The number of hydrogen-bond donors (Lipinski definition) is 2. The van der Waals surface area contributed by atoms with E-state index in [1.807, 2.05) is 24.3 Å². The number of amides is 1. The van der Waals surface area contributed by atoms with Gasteiger partial charge in [0.05, 0.1) is 10.0 Å².